The van der Waals surface area contributed by atoms with Gasteiger partial charge >= 0.3 is 0 Å². The molecule has 0 saturated carbocycles. The van der Waals surface area contributed by atoms with Crippen LogP contribution in [-0.2, 0) is 5.41 Å². The summed E-state index contributed by atoms with van der Waals surface area (Å²) in [6.07, 6.45) is 0. The van der Waals surface area contributed by atoms with E-state index in [4.69, 9.17) is 21.1 Å². The van der Waals surface area contributed by atoms with E-state index in [0.29, 0.717) is 5.02 Å². The second-order valence-electron chi connectivity index (χ2n) is 8.65. The lowest BCUT2D eigenvalue weighted by Crippen LogP contribution is -2.32. The molecule has 162 valence electrons. The van der Waals surface area contributed by atoms with Gasteiger partial charge in [0, 0.05) is 22.2 Å². The van der Waals surface area contributed by atoms with Crippen molar-refractivity contribution in [1.29, 1.82) is 0 Å². The quantitative estimate of drug-likeness (QED) is 0.258. The monoisotopic (exact) mass is 458 g/mol. The Morgan fingerprint density at radius 2 is 1.09 bits per heavy atom. The topological polar surface area (TPSA) is 18.5 Å². The molecule has 0 radical (unpaired) electrons. The van der Waals surface area contributed by atoms with E-state index in [2.05, 4.69) is 72.8 Å². The summed E-state index contributed by atoms with van der Waals surface area (Å²) in [6.45, 7) is 0. The Bertz CT molecular complexity index is 1520. The van der Waals surface area contributed by atoms with Gasteiger partial charge in [0.05, 0.1) is 5.41 Å². The highest BCUT2D eigenvalue weighted by atomic mass is 35.5. The van der Waals surface area contributed by atoms with Crippen molar-refractivity contribution in [3.8, 4) is 34.1 Å². The second-order valence-corrected chi connectivity index (χ2v) is 9.09. The average molecular weight is 459 g/mol. The number of halogens is 1. The molecule has 5 aromatic rings. The van der Waals surface area contributed by atoms with Crippen LogP contribution in [0.4, 0.5) is 0 Å². The second kappa shape index (κ2) is 7.24. The van der Waals surface area contributed by atoms with Crippen LogP contribution in [0.5, 0.6) is 23.0 Å². The third kappa shape index (κ3) is 2.63. The SMILES string of the molecule is Clc1ccc(Oc2ccc3c(c2)Oc2ccccc2C32c3ccccc3-c3ccccc32)cc1. The fourth-order valence-corrected chi connectivity index (χ4v) is 5.67. The Morgan fingerprint density at radius 3 is 1.79 bits per heavy atom. The highest BCUT2D eigenvalue weighted by Gasteiger charge is 2.50. The molecule has 0 amide bonds. The summed E-state index contributed by atoms with van der Waals surface area (Å²) in [5, 5.41) is 0.679. The summed E-state index contributed by atoms with van der Waals surface area (Å²) in [6, 6.07) is 39.3. The van der Waals surface area contributed by atoms with Crippen molar-refractivity contribution in [1.82, 2.24) is 0 Å². The molecule has 34 heavy (non-hydrogen) atoms. The molecule has 1 aliphatic heterocycles. The zero-order chi connectivity index (χ0) is 22.7. The zero-order valence-corrected chi connectivity index (χ0v) is 18.9. The molecule has 3 heteroatoms. The number of benzene rings is 5. The molecule has 2 aliphatic rings. The molecule has 0 saturated heterocycles. The molecule has 2 nitrogen and oxygen atoms in total. The van der Waals surface area contributed by atoms with E-state index in [-0.39, 0.29) is 0 Å². The van der Waals surface area contributed by atoms with Crippen LogP contribution in [-0.4, -0.2) is 0 Å². The van der Waals surface area contributed by atoms with Crippen molar-refractivity contribution in [2.24, 2.45) is 0 Å². The van der Waals surface area contributed by atoms with Gasteiger partial charge in [-0.05, 0) is 58.7 Å². The van der Waals surface area contributed by atoms with Gasteiger partial charge in [0.1, 0.15) is 23.0 Å². The first-order valence-corrected chi connectivity index (χ1v) is 11.7. The third-order valence-corrected chi connectivity index (χ3v) is 7.12. The van der Waals surface area contributed by atoms with Gasteiger partial charge in [0.25, 0.3) is 0 Å². The molecule has 5 aromatic carbocycles. The van der Waals surface area contributed by atoms with Crippen LogP contribution < -0.4 is 9.47 Å². The average Bonchev–Trinajstić information content (AvgIpc) is 3.17. The van der Waals surface area contributed by atoms with Gasteiger partial charge in [-0.15, -0.1) is 0 Å². The van der Waals surface area contributed by atoms with E-state index in [1.807, 2.05) is 42.5 Å². The van der Waals surface area contributed by atoms with Crippen LogP contribution in [0, 0.1) is 0 Å². The van der Waals surface area contributed by atoms with E-state index < -0.39 is 5.41 Å². The van der Waals surface area contributed by atoms with Gasteiger partial charge < -0.3 is 9.47 Å². The highest BCUT2D eigenvalue weighted by molar-refractivity contribution is 6.30. The first-order valence-electron chi connectivity index (χ1n) is 11.3. The Morgan fingerprint density at radius 1 is 0.529 bits per heavy atom. The van der Waals surface area contributed by atoms with E-state index in [0.717, 1.165) is 34.1 Å². The largest absolute Gasteiger partial charge is 0.457 e. The molecule has 0 N–H and O–H groups in total. The van der Waals surface area contributed by atoms with E-state index in [1.54, 1.807) is 0 Å². The predicted octanol–water partition coefficient (Wildman–Crippen LogP) is 8.60. The van der Waals surface area contributed by atoms with Gasteiger partial charge in [0.15, 0.2) is 0 Å². The lowest BCUT2D eigenvalue weighted by Gasteiger charge is -2.39. The molecular formula is C31H19ClO2. The summed E-state index contributed by atoms with van der Waals surface area (Å²) < 4.78 is 12.6. The lowest BCUT2D eigenvalue weighted by molar-refractivity contribution is 0.427. The maximum atomic E-state index is 6.49. The van der Waals surface area contributed by atoms with Crippen molar-refractivity contribution in [2.75, 3.05) is 0 Å². The smallest absolute Gasteiger partial charge is 0.135 e. The summed E-state index contributed by atoms with van der Waals surface area (Å²) in [4.78, 5) is 0. The van der Waals surface area contributed by atoms with Crippen LogP contribution >= 0.6 is 11.6 Å². The number of para-hydroxylation sites is 1. The fourth-order valence-electron chi connectivity index (χ4n) is 5.54. The minimum atomic E-state index is -0.448. The molecule has 1 spiro atoms. The molecule has 0 unspecified atom stereocenters. The van der Waals surface area contributed by atoms with Crippen molar-refractivity contribution in [2.45, 2.75) is 5.41 Å². The van der Waals surface area contributed by atoms with Gasteiger partial charge in [0.2, 0.25) is 0 Å². The normalized spacial score (nSPS) is 13.9. The molecule has 0 bridgehead atoms. The Labute approximate surface area is 203 Å². The molecule has 0 aromatic heterocycles. The number of rotatable bonds is 2. The number of fused-ring (bicyclic) bond motifs is 9. The number of hydrogen-bond acceptors (Lipinski definition) is 2. The highest BCUT2D eigenvalue weighted by Crippen LogP contribution is 2.62. The van der Waals surface area contributed by atoms with Crippen LogP contribution in [0.25, 0.3) is 11.1 Å². The Kier molecular flexibility index (Phi) is 4.15. The van der Waals surface area contributed by atoms with Crippen molar-refractivity contribution in [3.63, 3.8) is 0 Å². The summed E-state index contributed by atoms with van der Waals surface area (Å²) in [5.74, 6) is 3.11. The van der Waals surface area contributed by atoms with Crippen molar-refractivity contribution in [3.05, 3.63) is 143 Å². The summed E-state index contributed by atoms with van der Waals surface area (Å²) >= 11 is 6.03. The van der Waals surface area contributed by atoms with Crippen LogP contribution in [0.2, 0.25) is 5.02 Å². The van der Waals surface area contributed by atoms with Crippen molar-refractivity contribution >= 4 is 11.6 Å². The minimum absolute atomic E-state index is 0.448. The van der Waals surface area contributed by atoms with E-state index >= 15 is 0 Å². The number of ether oxygens (including phenoxy) is 2. The molecular weight excluding hydrogens is 440 g/mol. The zero-order valence-electron chi connectivity index (χ0n) is 18.2. The Hall–Kier alpha value is -4.01. The van der Waals surface area contributed by atoms with Gasteiger partial charge in [-0.25, -0.2) is 0 Å². The summed E-state index contributed by atoms with van der Waals surface area (Å²) in [7, 11) is 0. The van der Waals surface area contributed by atoms with E-state index in [1.165, 1.54) is 22.3 Å². The first-order chi connectivity index (χ1) is 16.7. The van der Waals surface area contributed by atoms with Gasteiger partial charge in [-0.2, -0.15) is 0 Å². The molecule has 7 rings (SSSR count). The van der Waals surface area contributed by atoms with Gasteiger partial charge in [-0.3, -0.25) is 0 Å². The van der Waals surface area contributed by atoms with Crippen LogP contribution in [0.15, 0.2) is 115 Å². The van der Waals surface area contributed by atoms with Crippen molar-refractivity contribution < 1.29 is 9.47 Å². The Balaban J connectivity index is 1.48. The maximum Gasteiger partial charge on any atom is 0.135 e. The summed E-state index contributed by atoms with van der Waals surface area (Å²) in [5.41, 5.74) is 6.91. The van der Waals surface area contributed by atoms with Crippen LogP contribution in [0.1, 0.15) is 22.3 Å². The lowest BCUT2D eigenvalue weighted by atomic mass is 9.66. The standard InChI is InChI=1S/C31H19ClO2/c32-20-13-15-21(16-14-20)33-22-17-18-28-30(19-22)34-29-12-6-5-11-27(29)31(28)25-9-3-1-7-23(25)24-8-2-4-10-26(24)31/h1-19H. The number of hydrogen-bond donors (Lipinski definition) is 0. The van der Waals surface area contributed by atoms with E-state index in [9.17, 15) is 0 Å². The first kappa shape index (κ1) is 19.5. The maximum absolute atomic E-state index is 6.49. The molecule has 0 atom stereocenters. The third-order valence-electron chi connectivity index (χ3n) is 6.87. The molecule has 1 heterocycles. The predicted molar refractivity (Wildman–Crippen MR) is 135 cm³/mol. The van der Waals surface area contributed by atoms with Crippen LogP contribution in [0.3, 0.4) is 0 Å². The molecule has 1 aliphatic carbocycles. The van der Waals surface area contributed by atoms with Gasteiger partial charge in [-0.1, -0.05) is 84.4 Å². The fraction of sp³-hybridized carbons (Fsp3) is 0.0323. The minimum Gasteiger partial charge on any atom is -0.457 e. The molecule has 0 fully saturated rings.